The number of benzene rings is 2. The second kappa shape index (κ2) is 9.81. The molecule has 0 N–H and O–H groups in total. The van der Waals surface area contributed by atoms with Gasteiger partial charge in [-0.15, -0.1) is 0 Å². The zero-order valence-corrected chi connectivity index (χ0v) is 19.9. The van der Waals surface area contributed by atoms with Gasteiger partial charge in [0.15, 0.2) is 0 Å². The van der Waals surface area contributed by atoms with E-state index in [-0.39, 0.29) is 21.9 Å². The van der Waals surface area contributed by atoms with Crippen molar-refractivity contribution in [3.05, 3.63) is 58.6 Å². The third kappa shape index (κ3) is 4.65. The predicted octanol–water partition coefficient (Wildman–Crippen LogP) is 4.89. The van der Waals surface area contributed by atoms with Crippen molar-refractivity contribution in [1.29, 1.82) is 0 Å². The second-order valence-corrected chi connectivity index (χ2v) is 10.7. The van der Waals surface area contributed by atoms with Crippen LogP contribution in [0.4, 0.5) is 0 Å². The molecule has 0 aliphatic carbocycles. The van der Waals surface area contributed by atoms with E-state index in [1.807, 2.05) is 29.2 Å². The lowest BCUT2D eigenvalue weighted by atomic mass is 10.00. The zero-order valence-electron chi connectivity index (χ0n) is 18.3. The lowest BCUT2D eigenvalue weighted by Gasteiger charge is -2.31. The van der Waals surface area contributed by atoms with Crippen LogP contribution in [0.3, 0.4) is 0 Å². The number of carbonyl (C=O) groups excluding carboxylic acids is 1. The van der Waals surface area contributed by atoms with E-state index >= 15 is 0 Å². The fourth-order valence-electron chi connectivity index (χ4n) is 4.59. The van der Waals surface area contributed by atoms with Crippen molar-refractivity contribution in [3.63, 3.8) is 0 Å². The molecule has 2 heterocycles. The largest absolute Gasteiger partial charge is 0.497 e. The lowest BCUT2D eigenvalue weighted by molar-refractivity contribution is 0.0680. The van der Waals surface area contributed by atoms with Crippen molar-refractivity contribution in [1.82, 2.24) is 9.21 Å². The quantitative estimate of drug-likeness (QED) is 0.616. The molecule has 0 aromatic heterocycles. The van der Waals surface area contributed by atoms with Gasteiger partial charge in [0, 0.05) is 25.2 Å². The topological polar surface area (TPSA) is 66.9 Å². The third-order valence-electron chi connectivity index (χ3n) is 6.38. The maximum absolute atomic E-state index is 13.6. The number of likely N-dealkylation sites (tertiary alicyclic amines) is 1. The number of ether oxygens (including phenoxy) is 1. The number of amides is 1. The molecule has 0 saturated carbocycles. The van der Waals surface area contributed by atoms with Gasteiger partial charge in [0.05, 0.1) is 18.2 Å². The fraction of sp³-hybridized carbons (Fsp3) is 0.458. The Bertz CT molecular complexity index is 1070. The summed E-state index contributed by atoms with van der Waals surface area (Å²) in [7, 11) is -2.09. The zero-order chi connectivity index (χ0) is 22.7. The highest BCUT2D eigenvalue weighted by atomic mass is 35.5. The maximum atomic E-state index is 13.6. The van der Waals surface area contributed by atoms with Gasteiger partial charge in [-0.25, -0.2) is 8.42 Å². The Hall–Kier alpha value is -2.09. The Labute approximate surface area is 195 Å². The van der Waals surface area contributed by atoms with Crippen LogP contribution in [-0.2, 0) is 10.0 Å². The Morgan fingerprint density at radius 3 is 2.34 bits per heavy atom. The van der Waals surface area contributed by atoms with Crippen LogP contribution in [0.15, 0.2) is 47.4 Å². The standard InChI is InChI=1S/C24H29ClN2O4S/c1-31-20-11-8-18(9-12-20)22-7-3-2-4-16-27(22)24(28)19-10-13-21(25)23(17-19)32(29,30)26-14-5-6-15-26/h8-13,17,22H,2-7,14-16H2,1H3. The average Bonchev–Trinajstić information content (AvgIpc) is 3.25. The summed E-state index contributed by atoms with van der Waals surface area (Å²) >= 11 is 6.29. The molecule has 0 spiro atoms. The highest BCUT2D eigenvalue weighted by Crippen LogP contribution is 2.34. The van der Waals surface area contributed by atoms with Crippen molar-refractivity contribution in [2.45, 2.75) is 49.5 Å². The van der Waals surface area contributed by atoms with E-state index in [9.17, 15) is 13.2 Å². The molecule has 2 aliphatic rings. The van der Waals surface area contributed by atoms with Crippen molar-refractivity contribution < 1.29 is 17.9 Å². The molecule has 1 unspecified atom stereocenters. The van der Waals surface area contributed by atoms with Gasteiger partial charge in [-0.2, -0.15) is 4.31 Å². The molecule has 2 aromatic carbocycles. The average molecular weight is 477 g/mol. The van der Waals surface area contributed by atoms with Gasteiger partial charge in [0.2, 0.25) is 10.0 Å². The molecule has 4 rings (SSSR count). The minimum Gasteiger partial charge on any atom is -0.497 e. The number of hydrogen-bond acceptors (Lipinski definition) is 4. The van der Waals surface area contributed by atoms with Gasteiger partial charge in [-0.1, -0.05) is 36.6 Å². The molecular formula is C24H29ClN2O4S. The van der Waals surface area contributed by atoms with Crippen LogP contribution in [0.5, 0.6) is 5.75 Å². The van der Waals surface area contributed by atoms with Crippen LogP contribution in [0, 0.1) is 0 Å². The molecule has 2 aliphatic heterocycles. The normalized spacial score (nSPS) is 20.2. The SMILES string of the molecule is COc1ccc(C2CCCCCN2C(=O)c2ccc(Cl)c(S(=O)(=O)N3CCCC3)c2)cc1. The van der Waals surface area contributed by atoms with Crippen LogP contribution in [0.25, 0.3) is 0 Å². The lowest BCUT2D eigenvalue weighted by Crippen LogP contribution is -2.35. The van der Waals surface area contributed by atoms with Crippen LogP contribution in [0.1, 0.15) is 60.5 Å². The van der Waals surface area contributed by atoms with E-state index in [1.54, 1.807) is 13.2 Å². The van der Waals surface area contributed by atoms with Gasteiger partial charge in [-0.05, 0) is 61.6 Å². The van der Waals surface area contributed by atoms with E-state index in [1.165, 1.54) is 16.4 Å². The number of methoxy groups -OCH3 is 1. The van der Waals surface area contributed by atoms with Crippen molar-refractivity contribution in [2.75, 3.05) is 26.7 Å². The first-order valence-electron chi connectivity index (χ1n) is 11.2. The highest BCUT2D eigenvalue weighted by molar-refractivity contribution is 7.89. The van der Waals surface area contributed by atoms with Crippen molar-refractivity contribution >= 4 is 27.5 Å². The molecule has 2 fully saturated rings. The Balaban J connectivity index is 1.66. The number of hydrogen-bond donors (Lipinski definition) is 0. The smallest absolute Gasteiger partial charge is 0.254 e. The highest BCUT2D eigenvalue weighted by Gasteiger charge is 2.32. The summed E-state index contributed by atoms with van der Waals surface area (Å²) in [6.45, 7) is 1.61. The first-order chi connectivity index (χ1) is 15.4. The summed E-state index contributed by atoms with van der Waals surface area (Å²) in [5, 5.41) is 0.149. The number of sulfonamides is 1. The molecule has 1 atom stereocenters. The summed E-state index contributed by atoms with van der Waals surface area (Å²) in [5.74, 6) is 0.608. The molecule has 6 nitrogen and oxygen atoms in total. The summed E-state index contributed by atoms with van der Waals surface area (Å²) in [6, 6.07) is 12.4. The van der Waals surface area contributed by atoms with Crippen LogP contribution in [-0.4, -0.2) is 50.3 Å². The van der Waals surface area contributed by atoms with E-state index in [4.69, 9.17) is 16.3 Å². The Morgan fingerprint density at radius 2 is 1.66 bits per heavy atom. The van der Waals surface area contributed by atoms with E-state index in [2.05, 4.69) is 0 Å². The number of carbonyl (C=O) groups is 1. The molecule has 8 heteroatoms. The van der Waals surface area contributed by atoms with Crippen molar-refractivity contribution in [3.8, 4) is 5.75 Å². The molecule has 172 valence electrons. The minimum absolute atomic E-state index is 0.0164. The van der Waals surface area contributed by atoms with Gasteiger partial charge < -0.3 is 9.64 Å². The number of nitrogens with zero attached hydrogens (tertiary/aromatic N) is 2. The van der Waals surface area contributed by atoms with Crippen LogP contribution >= 0.6 is 11.6 Å². The summed E-state index contributed by atoms with van der Waals surface area (Å²) in [5.41, 5.74) is 1.41. The van der Waals surface area contributed by atoms with E-state index < -0.39 is 10.0 Å². The number of halogens is 1. The molecule has 0 bridgehead atoms. The van der Waals surface area contributed by atoms with Gasteiger partial charge in [0.1, 0.15) is 10.6 Å². The Kier molecular flexibility index (Phi) is 7.08. The molecule has 1 amide bonds. The van der Waals surface area contributed by atoms with E-state index in [0.717, 1.165) is 49.8 Å². The maximum Gasteiger partial charge on any atom is 0.254 e. The molecule has 2 aromatic rings. The molecule has 32 heavy (non-hydrogen) atoms. The summed E-state index contributed by atoms with van der Waals surface area (Å²) < 4.78 is 32.9. The summed E-state index contributed by atoms with van der Waals surface area (Å²) in [4.78, 5) is 15.5. The van der Waals surface area contributed by atoms with Crippen LogP contribution < -0.4 is 4.74 Å². The predicted molar refractivity (Wildman–Crippen MR) is 125 cm³/mol. The van der Waals surface area contributed by atoms with E-state index in [0.29, 0.717) is 25.2 Å². The monoisotopic (exact) mass is 476 g/mol. The first-order valence-corrected chi connectivity index (χ1v) is 13.0. The first kappa shape index (κ1) is 23.1. The molecule has 0 radical (unpaired) electrons. The third-order valence-corrected chi connectivity index (χ3v) is 8.76. The van der Waals surface area contributed by atoms with Crippen molar-refractivity contribution in [2.24, 2.45) is 0 Å². The van der Waals surface area contributed by atoms with Gasteiger partial charge in [0.25, 0.3) is 5.91 Å². The molecular weight excluding hydrogens is 448 g/mol. The fourth-order valence-corrected chi connectivity index (χ4v) is 6.61. The van der Waals surface area contributed by atoms with Gasteiger partial charge >= 0.3 is 0 Å². The van der Waals surface area contributed by atoms with Gasteiger partial charge in [-0.3, -0.25) is 4.79 Å². The van der Waals surface area contributed by atoms with Crippen LogP contribution in [0.2, 0.25) is 5.02 Å². The Morgan fingerprint density at radius 1 is 0.969 bits per heavy atom. The second-order valence-electron chi connectivity index (χ2n) is 8.39. The number of rotatable bonds is 5. The summed E-state index contributed by atoms with van der Waals surface area (Å²) in [6.07, 6.45) is 5.57. The minimum atomic E-state index is -3.72. The molecule has 2 saturated heterocycles.